The van der Waals surface area contributed by atoms with Gasteiger partial charge in [0.2, 0.25) is 0 Å². The Kier molecular flexibility index (Phi) is 3.44. The first-order chi connectivity index (χ1) is 7.66. The quantitative estimate of drug-likeness (QED) is 0.817. The first-order valence-corrected chi connectivity index (χ1v) is 5.96. The van der Waals surface area contributed by atoms with Crippen LogP contribution in [0.2, 0.25) is 0 Å². The molecular weight excluding hydrogens is 224 g/mol. The Bertz CT molecular complexity index is 390. The van der Waals surface area contributed by atoms with E-state index < -0.39 is 0 Å². The normalized spacial score (nSPS) is 16.9. The van der Waals surface area contributed by atoms with Crippen LogP contribution in [-0.2, 0) is 0 Å². The van der Waals surface area contributed by atoms with Crippen LogP contribution in [0.15, 0.2) is 18.2 Å². The van der Waals surface area contributed by atoms with Crippen LogP contribution >= 0.6 is 11.6 Å². The highest BCUT2D eigenvalue weighted by molar-refractivity contribution is 6.21. The molecule has 0 spiro atoms. The van der Waals surface area contributed by atoms with Gasteiger partial charge in [-0.15, -0.1) is 11.6 Å². The van der Waals surface area contributed by atoms with Crippen molar-refractivity contribution in [3.63, 3.8) is 0 Å². The van der Waals surface area contributed by atoms with Gasteiger partial charge >= 0.3 is 0 Å². The molecule has 1 aliphatic carbocycles. The molecule has 1 saturated carbocycles. The number of pyridine rings is 1. The molecule has 0 aromatic carbocycles. The van der Waals surface area contributed by atoms with E-state index in [2.05, 4.69) is 10.3 Å². The van der Waals surface area contributed by atoms with Crippen molar-refractivity contribution in [1.29, 1.82) is 0 Å². The van der Waals surface area contributed by atoms with Crippen molar-refractivity contribution in [3.05, 3.63) is 29.6 Å². The lowest BCUT2D eigenvalue weighted by Crippen LogP contribution is -2.31. The van der Waals surface area contributed by atoms with Crippen molar-refractivity contribution >= 4 is 17.5 Å². The van der Waals surface area contributed by atoms with E-state index in [4.69, 9.17) is 11.6 Å². The van der Waals surface area contributed by atoms with E-state index in [1.807, 2.05) is 19.1 Å². The molecular formula is C12H15ClN2O. The second kappa shape index (κ2) is 4.83. The van der Waals surface area contributed by atoms with Crippen molar-refractivity contribution in [2.24, 2.45) is 5.92 Å². The Morgan fingerprint density at radius 1 is 1.62 bits per heavy atom. The SMILES string of the molecule is Cc1cccc(C(=O)NCC(Cl)C2CC2)n1. The Hall–Kier alpha value is -1.09. The third kappa shape index (κ3) is 2.95. The summed E-state index contributed by atoms with van der Waals surface area (Å²) in [5, 5.41) is 2.88. The van der Waals surface area contributed by atoms with Crippen LogP contribution in [0.25, 0.3) is 0 Å². The molecule has 1 amide bonds. The van der Waals surface area contributed by atoms with Gasteiger partial charge in [0.1, 0.15) is 5.69 Å². The second-order valence-electron chi connectivity index (χ2n) is 4.23. The number of halogens is 1. The molecule has 3 nitrogen and oxygen atoms in total. The molecule has 86 valence electrons. The number of aromatic nitrogens is 1. The average molecular weight is 239 g/mol. The maximum Gasteiger partial charge on any atom is 0.269 e. The zero-order valence-corrected chi connectivity index (χ0v) is 10.00. The van der Waals surface area contributed by atoms with Crippen LogP contribution in [0, 0.1) is 12.8 Å². The van der Waals surface area contributed by atoms with Crippen LogP contribution in [0.1, 0.15) is 29.0 Å². The number of rotatable bonds is 4. The van der Waals surface area contributed by atoms with E-state index in [0.717, 1.165) is 5.69 Å². The monoisotopic (exact) mass is 238 g/mol. The minimum absolute atomic E-state index is 0.0637. The number of hydrogen-bond donors (Lipinski definition) is 1. The first-order valence-electron chi connectivity index (χ1n) is 5.53. The minimum Gasteiger partial charge on any atom is -0.349 e. The lowest BCUT2D eigenvalue weighted by atomic mass is 10.2. The Labute approximate surface area is 100 Å². The molecule has 16 heavy (non-hydrogen) atoms. The van der Waals surface area contributed by atoms with E-state index in [9.17, 15) is 4.79 Å². The van der Waals surface area contributed by atoms with Crippen molar-refractivity contribution < 1.29 is 4.79 Å². The molecule has 1 N–H and O–H groups in total. The highest BCUT2D eigenvalue weighted by Gasteiger charge is 2.29. The number of amides is 1. The fraction of sp³-hybridized carbons (Fsp3) is 0.500. The lowest BCUT2D eigenvalue weighted by Gasteiger charge is -2.09. The number of alkyl halides is 1. The second-order valence-corrected chi connectivity index (χ2v) is 4.79. The van der Waals surface area contributed by atoms with Gasteiger partial charge in [-0.25, -0.2) is 4.98 Å². The highest BCUT2D eigenvalue weighted by atomic mass is 35.5. The van der Waals surface area contributed by atoms with Gasteiger partial charge in [0.25, 0.3) is 5.91 Å². The Morgan fingerprint density at radius 2 is 2.38 bits per heavy atom. The predicted molar refractivity (Wildman–Crippen MR) is 63.7 cm³/mol. The molecule has 0 aliphatic heterocycles. The molecule has 1 fully saturated rings. The summed E-state index contributed by atoms with van der Waals surface area (Å²) >= 11 is 6.11. The number of aryl methyl sites for hydroxylation is 1. The zero-order valence-electron chi connectivity index (χ0n) is 9.24. The fourth-order valence-electron chi connectivity index (χ4n) is 1.57. The standard InChI is InChI=1S/C12H15ClN2O/c1-8-3-2-4-11(15-8)12(16)14-7-10(13)9-5-6-9/h2-4,9-10H,5-7H2,1H3,(H,14,16). The number of hydrogen-bond acceptors (Lipinski definition) is 2. The summed E-state index contributed by atoms with van der Waals surface area (Å²) in [7, 11) is 0. The number of nitrogens with one attached hydrogen (secondary N) is 1. The van der Waals surface area contributed by atoms with Gasteiger partial charge < -0.3 is 5.32 Å². The maximum atomic E-state index is 11.7. The third-order valence-electron chi connectivity index (χ3n) is 2.71. The molecule has 1 aromatic heterocycles. The summed E-state index contributed by atoms with van der Waals surface area (Å²) < 4.78 is 0. The van der Waals surface area contributed by atoms with Crippen LogP contribution in [0.3, 0.4) is 0 Å². The van der Waals surface area contributed by atoms with Gasteiger partial charge in [-0.2, -0.15) is 0 Å². The molecule has 0 bridgehead atoms. The first kappa shape index (κ1) is 11.4. The zero-order chi connectivity index (χ0) is 11.5. The van der Waals surface area contributed by atoms with E-state index in [1.54, 1.807) is 6.07 Å². The molecule has 0 saturated heterocycles. The summed E-state index contributed by atoms with van der Waals surface area (Å²) in [6.45, 7) is 2.39. The van der Waals surface area contributed by atoms with Crippen LogP contribution < -0.4 is 5.32 Å². The largest absolute Gasteiger partial charge is 0.349 e. The Balaban J connectivity index is 1.87. The molecule has 1 aromatic rings. The molecule has 1 unspecified atom stereocenters. The molecule has 1 heterocycles. The number of nitrogens with zero attached hydrogens (tertiary/aromatic N) is 1. The van der Waals surface area contributed by atoms with Crippen molar-refractivity contribution in [3.8, 4) is 0 Å². The fourth-order valence-corrected chi connectivity index (χ4v) is 1.90. The maximum absolute atomic E-state index is 11.7. The van der Waals surface area contributed by atoms with Crippen molar-refractivity contribution in [2.75, 3.05) is 6.54 Å². The van der Waals surface area contributed by atoms with Crippen LogP contribution in [0.5, 0.6) is 0 Å². The van der Waals surface area contributed by atoms with E-state index >= 15 is 0 Å². The van der Waals surface area contributed by atoms with Gasteiger partial charge in [0.05, 0.1) is 5.38 Å². The highest BCUT2D eigenvalue weighted by Crippen LogP contribution is 2.35. The van der Waals surface area contributed by atoms with E-state index in [1.165, 1.54) is 12.8 Å². The van der Waals surface area contributed by atoms with Crippen molar-refractivity contribution in [1.82, 2.24) is 10.3 Å². The molecule has 1 aliphatic rings. The van der Waals surface area contributed by atoms with Crippen molar-refractivity contribution in [2.45, 2.75) is 25.1 Å². The van der Waals surface area contributed by atoms with Gasteiger partial charge in [0.15, 0.2) is 0 Å². The summed E-state index contributed by atoms with van der Waals surface area (Å²) in [6, 6.07) is 5.41. The molecule has 2 rings (SSSR count). The van der Waals surface area contributed by atoms with Gasteiger partial charge in [0, 0.05) is 12.2 Å². The summed E-state index contributed by atoms with van der Waals surface area (Å²) in [6.07, 6.45) is 2.37. The molecule has 1 atom stereocenters. The lowest BCUT2D eigenvalue weighted by molar-refractivity contribution is 0.0948. The predicted octanol–water partition coefficient (Wildman–Crippen LogP) is 2.14. The summed E-state index contributed by atoms with van der Waals surface area (Å²) in [5.74, 6) is 0.447. The minimum atomic E-state index is -0.144. The Morgan fingerprint density at radius 3 is 3.00 bits per heavy atom. The van der Waals surface area contributed by atoms with E-state index in [0.29, 0.717) is 18.2 Å². The topological polar surface area (TPSA) is 42.0 Å². The number of carbonyl (C=O) groups excluding carboxylic acids is 1. The van der Waals surface area contributed by atoms with Crippen LogP contribution in [0.4, 0.5) is 0 Å². The average Bonchev–Trinajstić information content (AvgIpc) is 3.09. The van der Waals surface area contributed by atoms with E-state index in [-0.39, 0.29) is 11.3 Å². The summed E-state index contributed by atoms with van der Waals surface area (Å²) in [4.78, 5) is 15.9. The van der Waals surface area contributed by atoms with Gasteiger partial charge in [-0.05, 0) is 37.8 Å². The summed E-state index contributed by atoms with van der Waals surface area (Å²) in [5.41, 5.74) is 1.30. The number of carbonyl (C=O) groups is 1. The molecule has 4 heteroatoms. The van der Waals surface area contributed by atoms with Crippen LogP contribution in [-0.4, -0.2) is 22.8 Å². The van der Waals surface area contributed by atoms with Gasteiger partial charge in [-0.1, -0.05) is 6.07 Å². The van der Waals surface area contributed by atoms with Gasteiger partial charge in [-0.3, -0.25) is 4.79 Å². The smallest absolute Gasteiger partial charge is 0.269 e. The third-order valence-corrected chi connectivity index (χ3v) is 3.22. The molecule has 0 radical (unpaired) electrons.